The van der Waals surface area contributed by atoms with Crippen LogP contribution in [0.25, 0.3) is 0 Å². The summed E-state index contributed by atoms with van der Waals surface area (Å²) in [6.45, 7) is 6.21. The summed E-state index contributed by atoms with van der Waals surface area (Å²) in [4.78, 5) is 21.3. The molecule has 1 aromatic rings. The number of rotatable bonds is 2. The van der Waals surface area contributed by atoms with Crippen molar-refractivity contribution in [1.82, 2.24) is 9.88 Å². The van der Waals surface area contributed by atoms with Gasteiger partial charge in [-0.2, -0.15) is 0 Å². The van der Waals surface area contributed by atoms with Gasteiger partial charge in [-0.3, -0.25) is 4.79 Å². The number of aromatic nitrogens is 1. The van der Waals surface area contributed by atoms with E-state index in [0.717, 1.165) is 50.1 Å². The van der Waals surface area contributed by atoms with E-state index in [2.05, 4.69) is 16.8 Å². The number of piperidine rings is 2. The molecule has 1 amide bonds. The van der Waals surface area contributed by atoms with E-state index in [-0.39, 0.29) is 5.91 Å². The van der Waals surface area contributed by atoms with Crippen LogP contribution in [0.2, 0.25) is 0 Å². The molecule has 3 rings (SSSR count). The predicted octanol–water partition coefficient (Wildman–Crippen LogP) is 3.01. The van der Waals surface area contributed by atoms with Crippen LogP contribution >= 0.6 is 11.3 Å². The maximum atomic E-state index is 12.5. The molecule has 2 aliphatic rings. The first-order valence-electron chi connectivity index (χ1n) is 7.74. The molecular weight excluding hydrogens is 270 g/mol. The summed E-state index contributed by atoms with van der Waals surface area (Å²) < 4.78 is 0. The molecular formula is C15H23N3OS. The quantitative estimate of drug-likeness (QED) is 0.841. The molecule has 0 unspecified atom stereocenters. The van der Waals surface area contributed by atoms with E-state index >= 15 is 0 Å². The zero-order valence-electron chi connectivity index (χ0n) is 12.2. The van der Waals surface area contributed by atoms with Crippen LogP contribution in [0.5, 0.6) is 0 Å². The molecule has 2 saturated heterocycles. The largest absolute Gasteiger partial charge is 0.348 e. The van der Waals surface area contributed by atoms with Crippen molar-refractivity contribution in [3.8, 4) is 0 Å². The first-order valence-corrected chi connectivity index (χ1v) is 8.62. The van der Waals surface area contributed by atoms with Crippen LogP contribution < -0.4 is 4.90 Å². The van der Waals surface area contributed by atoms with Crippen molar-refractivity contribution >= 4 is 22.4 Å². The Labute approximate surface area is 124 Å². The van der Waals surface area contributed by atoms with Crippen molar-refractivity contribution in [2.75, 3.05) is 31.1 Å². The molecule has 0 radical (unpaired) electrons. The smallest absolute Gasteiger partial charge is 0.273 e. The lowest BCUT2D eigenvalue weighted by Gasteiger charge is -2.29. The SMILES string of the molecule is CC1CCN(C(=O)c2csc(N3CCCCC3)n2)CC1. The normalized spacial score (nSPS) is 21.2. The summed E-state index contributed by atoms with van der Waals surface area (Å²) in [5.74, 6) is 0.870. The Bertz CT molecular complexity index is 459. The molecule has 0 aliphatic carbocycles. The highest BCUT2D eigenvalue weighted by Crippen LogP contribution is 2.25. The van der Waals surface area contributed by atoms with Crippen molar-refractivity contribution in [2.24, 2.45) is 5.92 Å². The van der Waals surface area contributed by atoms with E-state index in [4.69, 9.17) is 0 Å². The van der Waals surface area contributed by atoms with Gasteiger partial charge in [-0.1, -0.05) is 6.92 Å². The standard InChI is InChI=1S/C15H23N3OS/c1-12-5-9-17(10-6-12)14(19)13-11-20-15(16-13)18-7-3-2-4-8-18/h11-12H,2-10H2,1H3. The minimum atomic E-state index is 0.122. The number of carbonyl (C=O) groups is 1. The van der Waals surface area contributed by atoms with Crippen LogP contribution in [0.3, 0.4) is 0 Å². The third-order valence-electron chi connectivity index (χ3n) is 4.41. The number of hydrogen-bond donors (Lipinski definition) is 0. The van der Waals surface area contributed by atoms with Crippen molar-refractivity contribution in [2.45, 2.75) is 39.0 Å². The number of nitrogens with zero attached hydrogens (tertiary/aromatic N) is 3. The lowest BCUT2D eigenvalue weighted by molar-refractivity contribution is 0.0692. The molecule has 0 saturated carbocycles. The Morgan fingerprint density at radius 3 is 2.60 bits per heavy atom. The number of hydrogen-bond acceptors (Lipinski definition) is 4. The first kappa shape index (κ1) is 13.9. The maximum absolute atomic E-state index is 12.5. The minimum absolute atomic E-state index is 0.122. The topological polar surface area (TPSA) is 36.4 Å². The molecule has 5 heteroatoms. The van der Waals surface area contributed by atoms with Crippen LogP contribution in [0, 0.1) is 5.92 Å². The van der Waals surface area contributed by atoms with Gasteiger partial charge in [0, 0.05) is 31.6 Å². The molecule has 0 N–H and O–H groups in total. The Morgan fingerprint density at radius 1 is 1.20 bits per heavy atom. The molecule has 2 fully saturated rings. The van der Waals surface area contributed by atoms with Gasteiger partial charge in [0.2, 0.25) is 0 Å². The summed E-state index contributed by atoms with van der Waals surface area (Å²) in [6, 6.07) is 0. The second kappa shape index (κ2) is 6.12. The van der Waals surface area contributed by atoms with E-state index in [1.165, 1.54) is 19.3 Å². The van der Waals surface area contributed by atoms with Crippen molar-refractivity contribution in [3.05, 3.63) is 11.1 Å². The fourth-order valence-electron chi connectivity index (χ4n) is 2.97. The molecule has 20 heavy (non-hydrogen) atoms. The molecule has 3 heterocycles. The highest BCUT2D eigenvalue weighted by atomic mass is 32.1. The second-order valence-corrected chi connectivity index (χ2v) is 6.87. The lowest BCUT2D eigenvalue weighted by atomic mass is 9.99. The zero-order chi connectivity index (χ0) is 13.9. The van der Waals surface area contributed by atoms with Gasteiger partial charge in [-0.15, -0.1) is 11.3 Å². The van der Waals surface area contributed by atoms with Gasteiger partial charge in [0.15, 0.2) is 5.13 Å². The van der Waals surface area contributed by atoms with Gasteiger partial charge >= 0.3 is 0 Å². The van der Waals surface area contributed by atoms with E-state index in [0.29, 0.717) is 5.69 Å². The van der Waals surface area contributed by atoms with Crippen LogP contribution in [-0.4, -0.2) is 42.0 Å². The maximum Gasteiger partial charge on any atom is 0.273 e. The molecule has 0 spiro atoms. The molecule has 1 aromatic heterocycles. The molecule has 110 valence electrons. The fraction of sp³-hybridized carbons (Fsp3) is 0.733. The Balaban J connectivity index is 1.65. The van der Waals surface area contributed by atoms with Crippen LogP contribution in [-0.2, 0) is 0 Å². The average Bonchev–Trinajstić information content (AvgIpc) is 2.98. The Hall–Kier alpha value is -1.10. The van der Waals surface area contributed by atoms with Crippen LogP contribution in [0.15, 0.2) is 5.38 Å². The third-order valence-corrected chi connectivity index (χ3v) is 5.31. The van der Waals surface area contributed by atoms with Crippen LogP contribution in [0.1, 0.15) is 49.5 Å². The number of carbonyl (C=O) groups excluding carboxylic acids is 1. The van der Waals surface area contributed by atoms with E-state index in [1.807, 2.05) is 10.3 Å². The van der Waals surface area contributed by atoms with Gasteiger partial charge in [-0.25, -0.2) is 4.98 Å². The average molecular weight is 293 g/mol. The molecule has 0 bridgehead atoms. The molecule has 2 aliphatic heterocycles. The van der Waals surface area contributed by atoms with Gasteiger partial charge < -0.3 is 9.80 Å². The summed E-state index contributed by atoms with van der Waals surface area (Å²) >= 11 is 1.62. The predicted molar refractivity (Wildman–Crippen MR) is 82.5 cm³/mol. The molecule has 4 nitrogen and oxygen atoms in total. The first-order chi connectivity index (χ1) is 9.74. The zero-order valence-corrected chi connectivity index (χ0v) is 13.0. The van der Waals surface area contributed by atoms with E-state index in [1.54, 1.807) is 11.3 Å². The van der Waals surface area contributed by atoms with Gasteiger partial charge in [0.05, 0.1) is 0 Å². The molecule has 0 atom stereocenters. The second-order valence-electron chi connectivity index (χ2n) is 6.04. The summed E-state index contributed by atoms with van der Waals surface area (Å²) in [5, 5.41) is 2.96. The lowest BCUT2D eigenvalue weighted by Crippen LogP contribution is -2.38. The Morgan fingerprint density at radius 2 is 1.90 bits per heavy atom. The number of thiazole rings is 1. The van der Waals surface area contributed by atoms with Crippen molar-refractivity contribution in [1.29, 1.82) is 0 Å². The number of likely N-dealkylation sites (tertiary alicyclic amines) is 1. The molecule has 0 aromatic carbocycles. The Kier molecular flexibility index (Phi) is 4.24. The van der Waals surface area contributed by atoms with Gasteiger partial charge in [0.25, 0.3) is 5.91 Å². The van der Waals surface area contributed by atoms with Crippen molar-refractivity contribution < 1.29 is 4.79 Å². The van der Waals surface area contributed by atoms with E-state index in [9.17, 15) is 4.79 Å². The summed E-state index contributed by atoms with van der Waals surface area (Å²) in [7, 11) is 0. The highest BCUT2D eigenvalue weighted by molar-refractivity contribution is 7.13. The number of anilines is 1. The van der Waals surface area contributed by atoms with Gasteiger partial charge in [-0.05, 0) is 38.0 Å². The fourth-order valence-corrected chi connectivity index (χ4v) is 3.82. The number of amides is 1. The van der Waals surface area contributed by atoms with E-state index < -0.39 is 0 Å². The summed E-state index contributed by atoms with van der Waals surface area (Å²) in [6.07, 6.45) is 6.04. The third kappa shape index (κ3) is 2.97. The summed E-state index contributed by atoms with van der Waals surface area (Å²) in [5.41, 5.74) is 0.644. The highest BCUT2D eigenvalue weighted by Gasteiger charge is 2.24. The van der Waals surface area contributed by atoms with Gasteiger partial charge in [0.1, 0.15) is 5.69 Å². The minimum Gasteiger partial charge on any atom is -0.348 e. The monoisotopic (exact) mass is 293 g/mol. The van der Waals surface area contributed by atoms with Crippen molar-refractivity contribution in [3.63, 3.8) is 0 Å². The van der Waals surface area contributed by atoms with Crippen LogP contribution in [0.4, 0.5) is 5.13 Å².